The van der Waals surface area contributed by atoms with Crippen LogP contribution in [0.3, 0.4) is 0 Å². The van der Waals surface area contributed by atoms with Crippen molar-refractivity contribution in [2.75, 3.05) is 18.0 Å². The summed E-state index contributed by atoms with van der Waals surface area (Å²) in [6.07, 6.45) is 2.92. The number of piperidine rings is 1. The van der Waals surface area contributed by atoms with Gasteiger partial charge in [-0.1, -0.05) is 0 Å². The minimum atomic E-state index is -0.460. The fourth-order valence-electron chi connectivity index (χ4n) is 2.19. The van der Waals surface area contributed by atoms with E-state index in [4.69, 9.17) is 0 Å². The van der Waals surface area contributed by atoms with Crippen molar-refractivity contribution in [1.29, 1.82) is 0 Å². The minimum Gasteiger partial charge on any atom is -0.357 e. The SMILES string of the molecule is CC(=O)C1CCN(c2ccc([N+](=O)[O-])cn2)CC1. The molecule has 0 atom stereocenters. The summed E-state index contributed by atoms with van der Waals surface area (Å²) in [5.74, 6) is 1.13. The maximum atomic E-state index is 11.3. The number of aromatic nitrogens is 1. The van der Waals surface area contributed by atoms with Crippen LogP contribution in [0.5, 0.6) is 0 Å². The molecule has 96 valence electrons. The molecule has 2 rings (SSSR count). The highest BCUT2D eigenvalue weighted by molar-refractivity contribution is 5.78. The molecular weight excluding hydrogens is 234 g/mol. The first-order chi connectivity index (χ1) is 8.58. The van der Waals surface area contributed by atoms with E-state index in [-0.39, 0.29) is 17.4 Å². The average Bonchev–Trinajstić information content (AvgIpc) is 2.39. The van der Waals surface area contributed by atoms with Gasteiger partial charge < -0.3 is 4.90 Å². The Labute approximate surface area is 105 Å². The molecule has 0 amide bonds. The Kier molecular flexibility index (Phi) is 3.55. The Hall–Kier alpha value is -1.98. The topological polar surface area (TPSA) is 76.3 Å². The molecule has 0 aliphatic carbocycles. The van der Waals surface area contributed by atoms with Gasteiger partial charge in [0.25, 0.3) is 5.69 Å². The smallest absolute Gasteiger partial charge is 0.287 e. The predicted octanol–water partition coefficient (Wildman–Crippen LogP) is 1.80. The molecule has 0 N–H and O–H groups in total. The van der Waals surface area contributed by atoms with Crippen LogP contribution < -0.4 is 4.90 Å². The molecule has 2 heterocycles. The fraction of sp³-hybridized carbons (Fsp3) is 0.500. The summed E-state index contributed by atoms with van der Waals surface area (Å²) < 4.78 is 0. The lowest BCUT2D eigenvalue weighted by molar-refractivity contribution is -0.385. The lowest BCUT2D eigenvalue weighted by Crippen LogP contribution is -2.36. The van der Waals surface area contributed by atoms with Gasteiger partial charge in [0, 0.05) is 25.1 Å². The molecule has 0 saturated carbocycles. The van der Waals surface area contributed by atoms with Gasteiger partial charge in [-0.3, -0.25) is 14.9 Å². The van der Waals surface area contributed by atoms with E-state index >= 15 is 0 Å². The summed E-state index contributed by atoms with van der Waals surface area (Å²) in [5.41, 5.74) is -0.00243. The minimum absolute atomic E-state index is 0.00243. The van der Waals surface area contributed by atoms with Gasteiger partial charge in [-0.15, -0.1) is 0 Å². The van der Waals surface area contributed by atoms with Crippen LogP contribution in [0.4, 0.5) is 11.5 Å². The number of carbonyl (C=O) groups excluding carboxylic acids is 1. The molecule has 1 aliphatic rings. The van der Waals surface area contributed by atoms with Crippen molar-refractivity contribution in [3.8, 4) is 0 Å². The van der Waals surface area contributed by atoms with Gasteiger partial charge in [-0.2, -0.15) is 0 Å². The Morgan fingerprint density at radius 1 is 1.44 bits per heavy atom. The average molecular weight is 249 g/mol. The molecule has 18 heavy (non-hydrogen) atoms. The van der Waals surface area contributed by atoms with Crippen LogP contribution in [0.2, 0.25) is 0 Å². The van der Waals surface area contributed by atoms with Gasteiger partial charge in [0.1, 0.15) is 17.8 Å². The Morgan fingerprint density at radius 2 is 2.11 bits per heavy atom. The second-order valence-electron chi connectivity index (χ2n) is 4.50. The van der Waals surface area contributed by atoms with Crippen LogP contribution in [0.25, 0.3) is 0 Å². The van der Waals surface area contributed by atoms with Crippen molar-refractivity contribution >= 4 is 17.3 Å². The summed E-state index contributed by atoms with van der Waals surface area (Å²) in [7, 11) is 0. The third-order valence-corrected chi connectivity index (χ3v) is 3.34. The van der Waals surface area contributed by atoms with Gasteiger partial charge in [-0.25, -0.2) is 4.98 Å². The Morgan fingerprint density at radius 3 is 2.56 bits per heavy atom. The highest BCUT2D eigenvalue weighted by Gasteiger charge is 2.23. The van der Waals surface area contributed by atoms with Crippen LogP contribution in [0.1, 0.15) is 19.8 Å². The van der Waals surface area contributed by atoms with Crippen LogP contribution in [0.15, 0.2) is 18.3 Å². The van der Waals surface area contributed by atoms with E-state index in [2.05, 4.69) is 9.88 Å². The molecule has 0 radical (unpaired) electrons. The van der Waals surface area contributed by atoms with Crippen LogP contribution in [0, 0.1) is 16.0 Å². The Bertz CT molecular complexity index is 450. The lowest BCUT2D eigenvalue weighted by Gasteiger charge is -2.31. The van der Waals surface area contributed by atoms with E-state index in [1.807, 2.05) is 0 Å². The predicted molar refractivity (Wildman–Crippen MR) is 66.5 cm³/mol. The number of pyridine rings is 1. The largest absolute Gasteiger partial charge is 0.357 e. The first kappa shape index (κ1) is 12.5. The number of rotatable bonds is 3. The second kappa shape index (κ2) is 5.12. The monoisotopic (exact) mass is 249 g/mol. The number of hydrogen-bond donors (Lipinski definition) is 0. The number of nitro groups is 1. The summed E-state index contributed by atoms with van der Waals surface area (Å²) in [6.45, 7) is 3.18. The second-order valence-corrected chi connectivity index (χ2v) is 4.50. The molecule has 6 heteroatoms. The first-order valence-corrected chi connectivity index (χ1v) is 5.94. The van der Waals surface area contributed by atoms with Crippen molar-refractivity contribution in [2.24, 2.45) is 5.92 Å². The van der Waals surface area contributed by atoms with Crippen LogP contribution in [-0.4, -0.2) is 28.8 Å². The van der Waals surface area contributed by atoms with Crippen molar-refractivity contribution in [3.63, 3.8) is 0 Å². The third-order valence-electron chi connectivity index (χ3n) is 3.34. The number of Topliss-reactive ketones (excluding diaryl/α,β-unsaturated/α-hetero) is 1. The zero-order valence-electron chi connectivity index (χ0n) is 10.2. The van der Waals surface area contributed by atoms with Gasteiger partial charge in [-0.05, 0) is 25.8 Å². The highest BCUT2D eigenvalue weighted by Crippen LogP contribution is 2.23. The van der Waals surface area contributed by atoms with E-state index in [0.717, 1.165) is 31.7 Å². The van der Waals surface area contributed by atoms with Gasteiger partial charge >= 0.3 is 0 Å². The number of hydrogen-bond acceptors (Lipinski definition) is 5. The van der Waals surface area contributed by atoms with E-state index < -0.39 is 4.92 Å². The fourth-order valence-corrected chi connectivity index (χ4v) is 2.19. The number of ketones is 1. The Balaban J connectivity index is 2.01. The maximum absolute atomic E-state index is 11.3. The van der Waals surface area contributed by atoms with Crippen molar-refractivity contribution in [1.82, 2.24) is 4.98 Å². The lowest BCUT2D eigenvalue weighted by atomic mass is 9.93. The number of anilines is 1. The number of carbonyl (C=O) groups is 1. The summed E-state index contributed by atoms with van der Waals surface area (Å²) in [6, 6.07) is 3.12. The molecule has 1 fully saturated rings. The van der Waals surface area contributed by atoms with Gasteiger partial charge in [0.2, 0.25) is 0 Å². The molecule has 0 aromatic carbocycles. The number of nitrogens with zero attached hydrogens (tertiary/aromatic N) is 3. The van der Waals surface area contributed by atoms with E-state index in [1.54, 1.807) is 13.0 Å². The molecular formula is C12H15N3O3. The summed E-state index contributed by atoms with van der Waals surface area (Å²) >= 11 is 0. The third kappa shape index (κ3) is 2.64. The zero-order valence-corrected chi connectivity index (χ0v) is 10.2. The molecule has 1 saturated heterocycles. The molecule has 1 aromatic heterocycles. The van der Waals surface area contributed by atoms with E-state index in [9.17, 15) is 14.9 Å². The van der Waals surface area contributed by atoms with Crippen molar-refractivity contribution < 1.29 is 9.72 Å². The molecule has 0 bridgehead atoms. The summed E-state index contributed by atoms with van der Waals surface area (Å²) in [5, 5.41) is 10.5. The standard InChI is InChI=1S/C12H15N3O3/c1-9(16)10-4-6-14(7-5-10)12-3-2-11(8-13-12)15(17)18/h2-3,8,10H,4-7H2,1H3. The van der Waals surface area contributed by atoms with Crippen molar-refractivity contribution in [2.45, 2.75) is 19.8 Å². The molecule has 0 unspecified atom stereocenters. The molecule has 0 spiro atoms. The zero-order chi connectivity index (χ0) is 13.1. The molecule has 6 nitrogen and oxygen atoms in total. The highest BCUT2D eigenvalue weighted by atomic mass is 16.6. The molecule has 1 aliphatic heterocycles. The first-order valence-electron chi connectivity index (χ1n) is 5.94. The van der Waals surface area contributed by atoms with Crippen molar-refractivity contribution in [3.05, 3.63) is 28.4 Å². The van der Waals surface area contributed by atoms with Crippen LogP contribution >= 0.6 is 0 Å². The van der Waals surface area contributed by atoms with Gasteiger partial charge in [0.15, 0.2) is 0 Å². The normalized spacial score (nSPS) is 16.6. The quantitative estimate of drug-likeness (QED) is 0.603. The van der Waals surface area contributed by atoms with E-state index in [0.29, 0.717) is 0 Å². The van der Waals surface area contributed by atoms with Gasteiger partial charge in [0.05, 0.1) is 4.92 Å². The summed E-state index contributed by atoms with van der Waals surface area (Å²) in [4.78, 5) is 27.5. The maximum Gasteiger partial charge on any atom is 0.287 e. The van der Waals surface area contributed by atoms with Crippen LogP contribution in [-0.2, 0) is 4.79 Å². The molecule has 1 aromatic rings. The van der Waals surface area contributed by atoms with E-state index in [1.165, 1.54) is 12.3 Å².